The van der Waals surface area contributed by atoms with E-state index in [0.29, 0.717) is 39.6 Å². The fourth-order valence-corrected chi connectivity index (χ4v) is 6.89. The lowest BCUT2D eigenvalue weighted by Gasteiger charge is -2.19. The number of nitrogens with one attached hydrogen (secondary N) is 2. The molecule has 0 saturated carbocycles. The highest BCUT2D eigenvalue weighted by Gasteiger charge is 2.22. The molecule has 7 rings (SSSR count). The predicted molar refractivity (Wildman–Crippen MR) is 202 cm³/mol. The molecule has 256 valence electrons. The number of ether oxygens (including phenoxy) is 3. The molecule has 2 heterocycles. The van der Waals surface area contributed by atoms with Gasteiger partial charge in [-0.3, -0.25) is 9.36 Å². The summed E-state index contributed by atoms with van der Waals surface area (Å²) in [5, 5.41) is 14.4. The highest BCUT2D eigenvalue weighted by atomic mass is 35.5. The van der Waals surface area contributed by atoms with E-state index in [1.54, 1.807) is 32.4 Å². The van der Waals surface area contributed by atoms with E-state index >= 15 is 0 Å². The number of aromatic nitrogens is 4. The second kappa shape index (κ2) is 15.5. The molecule has 0 radical (unpaired) electrons. The zero-order valence-corrected chi connectivity index (χ0v) is 29.4. The molecular weight excluding hydrogens is 682 g/mol. The van der Waals surface area contributed by atoms with Crippen LogP contribution in [0.4, 0.5) is 0 Å². The Bertz CT molecular complexity index is 2260. The highest BCUT2D eigenvalue weighted by Crippen LogP contribution is 2.36. The second-order valence-electron chi connectivity index (χ2n) is 11.6. The Labute approximate surface area is 304 Å². The lowest BCUT2D eigenvalue weighted by atomic mass is 9.91. The summed E-state index contributed by atoms with van der Waals surface area (Å²) in [4.78, 5) is 16.9. The average molecular weight is 716 g/mol. The van der Waals surface area contributed by atoms with Gasteiger partial charge in [-0.25, -0.2) is 0 Å². The molecule has 0 aliphatic heterocycles. The molecule has 1 amide bonds. The third kappa shape index (κ3) is 7.57. The number of thioether (sulfide) groups is 1. The van der Waals surface area contributed by atoms with Crippen molar-refractivity contribution < 1.29 is 19.0 Å². The van der Waals surface area contributed by atoms with Gasteiger partial charge in [-0.15, -0.1) is 10.2 Å². The van der Waals surface area contributed by atoms with Crippen LogP contribution in [0.5, 0.6) is 23.0 Å². The van der Waals surface area contributed by atoms with Crippen LogP contribution in [0.15, 0.2) is 133 Å². The van der Waals surface area contributed by atoms with Crippen LogP contribution in [0.25, 0.3) is 28.0 Å². The monoisotopic (exact) mass is 715 g/mol. The number of para-hydroxylation sites is 2. The van der Waals surface area contributed by atoms with Crippen molar-refractivity contribution in [3.8, 4) is 40.1 Å². The quantitative estimate of drug-likeness (QED) is 0.115. The normalized spacial score (nSPS) is 11.7. The molecule has 5 aromatic carbocycles. The van der Waals surface area contributed by atoms with Crippen molar-refractivity contribution in [2.75, 3.05) is 26.5 Å². The van der Waals surface area contributed by atoms with E-state index in [4.69, 9.17) is 25.8 Å². The molecule has 0 bridgehead atoms. The number of amides is 1. The Morgan fingerprint density at radius 2 is 1.57 bits per heavy atom. The van der Waals surface area contributed by atoms with E-state index in [0.717, 1.165) is 39.2 Å². The van der Waals surface area contributed by atoms with E-state index in [1.807, 2.05) is 108 Å². The second-order valence-corrected chi connectivity index (χ2v) is 13.0. The smallest absolute Gasteiger partial charge is 0.230 e. The number of carbonyl (C=O) groups excluding carboxylic acids is 1. The Morgan fingerprint density at radius 3 is 2.33 bits per heavy atom. The first kappa shape index (κ1) is 33.8. The first-order chi connectivity index (χ1) is 25.0. The van der Waals surface area contributed by atoms with Gasteiger partial charge in [0.15, 0.2) is 11.0 Å². The number of rotatable bonds is 13. The summed E-state index contributed by atoms with van der Waals surface area (Å²) in [6.07, 6.45) is 2.02. The summed E-state index contributed by atoms with van der Waals surface area (Å²) in [6.45, 7) is 0.397. The van der Waals surface area contributed by atoms with Crippen LogP contribution in [-0.4, -0.2) is 52.2 Å². The van der Waals surface area contributed by atoms with Gasteiger partial charge in [-0.2, -0.15) is 0 Å². The van der Waals surface area contributed by atoms with Crippen LogP contribution in [0.2, 0.25) is 5.02 Å². The van der Waals surface area contributed by atoms with Crippen LogP contribution in [0, 0.1) is 0 Å². The van der Waals surface area contributed by atoms with Crippen molar-refractivity contribution in [3.63, 3.8) is 0 Å². The van der Waals surface area contributed by atoms with Crippen LogP contribution in [0.3, 0.4) is 0 Å². The van der Waals surface area contributed by atoms with E-state index in [1.165, 1.54) is 11.8 Å². The van der Waals surface area contributed by atoms with Gasteiger partial charge in [0.25, 0.3) is 0 Å². The Balaban J connectivity index is 1.14. The Hall–Kier alpha value is -5.71. The minimum atomic E-state index is -0.138. The summed E-state index contributed by atoms with van der Waals surface area (Å²) in [7, 11) is 3.24. The molecule has 1 atom stereocenters. The number of H-pyrrole nitrogens is 1. The Morgan fingerprint density at radius 1 is 0.843 bits per heavy atom. The lowest BCUT2D eigenvalue weighted by Crippen LogP contribution is -2.30. The summed E-state index contributed by atoms with van der Waals surface area (Å²) >= 11 is 7.71. The van der Waals surface area contributed by atoms with Crippen molar-refractivity contribution in [2.45, 2.75) is 11.1 Å². The minimum Gasteiger partial charge on any atom is -0.497 e. The van der Waals surface area contributed by atoms with Crippen molar-refractivity contribution in [2.24, 2.45) is 0 Å². The summed E-state index contributed by atoms with van der Waals surface area (Å²) in [6, 6.07) is 38.7. The van der Waals surface area contributed by atoms with Gasteiger partial charge < -0.3 is 24.5 Å². The molecule has 0 spiro atoms. The van der Waals surface area contributed by atoms with Crippen molar-refractivity contribution in [1.29, 1.82) is 0 Å². The molecule has 7 aromatic rings. The Kier molecular flexibility index (Phi) is 10.2. The van der Waals surface area contributed by atoms with E-state index in [2.05, 4.69) is 26.6 Å². The van der Waals surface area contributed by atoms with Gasteiger partial charge in [-0.05, 0) is 83.9 Å². The topological polar surface area (TPSA) is 103 Å². The SMILES string of the molecule is COc1ccc(C(CNC(=O)CSc2nnc(-c3cc(Cl)ccc3OC)n2-c2ccc(Oc3ccccc3)cc2)c2c[nH]c3ccccc23)cc1. The molecule has 2 aromatic heterocycles. The zero-order chi connectivity index (χ0) is 35.2. The van der Waals surface area contributed by atoms with Crippen LogP contribution in [-0.2, 0) is 4.79 Å². The van der Waals surface area contributed by atoms with Gasteiger partial charge in [-0.1, -0.05) is 71.9 Å². The predicted octanol–water partition coefficient (Wildman–Crippen LogP) is 8.92. The van der Waals surface area contributed by atoms with Crippen LogP contribution < -0.4 is 19.5 Å². The summed E-state index contributed by atoms with van der Waals surface area (Å²) in [5.41, 5.74) is 4.65. The average Bonchev–Trinajstić information content (AvgIpc) is 3.80. The van der Waals surface area contributed by atoms with Crippen LogP contribution >= 0.6 is 23.4 Å². The first-order valence-electron chi connectivity index (χ1n) is 16.2. The molecule has 0 aliphatic carbocycles. The molecule has 9 nitrogen and oxygen atoms in total. The van der Waals surface area contributed by atoms with Gasteiger partial charge in [0, 0.05) is 34.6 Å². The van der Waals surface area contributed by atoms with E-state index < -0.39 is 0 Å². The van der Waals surface area contributed by atoms with E-state index in [9.17, 15) is 4.79 Å². The number of halogens is 1. The standard InChI is InChI=1S/C40H34ClN5O4S/c1-48-29-17-12-26(13-18-29)34(35-24-42-36-11-7-6-10-32(35)36)23-43-38(47)25-51-40-45-44-39(33-22-27(41)14-21-37(33)49-2)46(40)28-15-19-31(20-16-28)50-30-8-4-3-5-9-30/h3-22,24,34,42H,23,25H2,1-2H3,(H,43,47). The number of fused-ring (bicyclic) bond motifs is 1. The number of aromatic amines is 1. The van der Waals surface area contributed by atoms with Crippen molar-refractivity contribution in [1.82, 2.24) is 25.1 Å². The number of hydrogen-bond acceptors (Lipinski definition) is 7. The molecule has 2 N–H and O–H groups in total. The van der Waals surface area contributed by atoms with Gasteiger partial charge in [0.1, 0.15) is 23.0 Å². The maximum absolute atomic E-state index is 13.5. The maximum atomic E-state index is 13.5. The minimum absolute atomic E-state index is 0.0943. The third-order valence-corrected chi connectivity index (χ3v) is 9.62. The van der Waals surface area contributed by atoms with Crippen molar-refractivity contribution in [3.05, 3.63) is 144 Å². The molecule has 1 unspecified atom stereocenters. The molecular formula is C40H34ClN5O4S. The summed E-state index contributed by atoms with van der Waals surface area (Å²) < 4.78 is 19.0. The third-order valence-electron chi connectivity index (χ3n) is 8.46. The zero-order valence-electron chi connectivity index (χ0n) is 27.9. The summed E-state index contributed by atoms with van der Waals surface area (Å²) in [5.74, 6) is 3.18. The maximum Gasteiger partial charge on any atom is 0.230 e. The molecule has 0 aliphatic rings. The highest BCUT2D eigenvalue weighted by molar-refractivity contribution is 7.99. The first-order valence-corrected chi connectivity index (χ1v) is 17.6. The number of methoxy groups -OCH3 is 2. The number of hydrogen-bond donors (Lipinski definition) is 2. The van der Waals surface area contributed by atoms with Crippen molar-refractivity contribution >= 4 is 40.2 Å². The van der Waals surface area contributed by atoms with Gasteiger partial charge in [0.2, 0.25) is 5.91 Å². The lowest BCUT2D eigenvalue weighted by molar-refractivity contribution is -0.118. The molecule has 0 fully saturated rings. The van der Waals surface area contributed by atoms with Gasteiger partial charge in [0.05, 0.1) is 31.2 Å². The number of carbonyl (C=O) groups is 1. The number of benzene rings is 5. The largest absolute Gasteiger partial charge is 0.497 e. The molecule has 51 heavy (non-hydrogen) atoms. The van der Waals surface area contributed by atoms with Crippen LogP contribution in [0.1, 0.15) is 17.0 Å². The fourth-order valence-electron chi connectivity index (χ4n) is 5.94. The van der Waals surface area contributed by atoms with Gasteiger partial charge >= 0.3 is 0 Å². The molecule has 0 saturated heterocycles. The fraction of sp³-hybridized carbons (Fsp3) is 0.125. The molecule has 11 heteroatoms. The number of nitrogens with zero attached hydrogens (tertiary/aromatic N) is 3. The van der Waals surface area contributed by atoms with E-state index in [-0.39, 0.29) is 17.6 Å².